The number of likely N-dealkylation sites (tertiary alicyclic amines) is 1. The minimum Gasteiger partial charge on any atom is -0.497 e. The molecule has 172 valence electrons. The summed E-state index contributed by atoms with van der Waals surface area (Å²) in [7, 11) is 1.58. The Labute approximate surface area is 186 Å². The molecule has 0 spiro atoms. The van der Waals surface area contributed by atoms with Crippen molar-refractivity contribution in [3.63, 3.8) is 0 Å². The van der Waals surface area contributed by atoms with Gasteiger partial charge in [-0.2, -0.15) is 0 Å². The molecule has 1 aromatic carbocycles. The summed E-state index contributed by atoms with van der Waals surface area (Å²) >= 11 is 0. The number of nitrogens with one attached hydrogen (secondary N) is 1. The van der Waals surface area contributed by atoms with Crippen molar-refractivity contribution in [1.82, 2.24) is 15.1 Å². The number of methoxy groups -OCH3 is 1. The molecule has 0 aliphatic carbocycles. The molecule has 0 aromatic heterocycles. The van der Waals surface area contributed by atoms with Gasteiger partial charge in [0.05, 0.1) is 7.11 Å². The molecule has 7 nitrogen and oxygen atoms in total. The molecular formula is C24H37N3O4. The lowest BCUT2D eigenvalue weighted by molar-refractivity contribution is -0.138. The fourth-order valence-electron chi connectivity index (χ4n) is 4.09. The summed E-state index contributed by atoms with van der Waals surface area (Å²) in [5.74, 6) is 0.742. The molecule has 0 radical (unpaired) electrons. The van der Waals surface area contributed by atoms with Gasteiger partial charge < -0.3 is 19.9 Å². The predicted molar refractivity (Wildman–Crippen MR) is 121 cm³/mol. The van der Waals surface area contributed by atoms with E-state index in [-0.39, 0.29) is 29.6 Å². The topological polar surface area (TPSA) is 79.0 Å². The van der Waals surface area contributed by atoms with Crippen molar-refractivity contribution in [2.24, 2.45) is 11.8 Å². The van der Waals surface area contributed by atoms with Crippen molar-refractivity contribution in [3.8, 4) is 5.75 Å². The predicted octanol–water partition coefficient (Wildman–Crippen LogP) is 2.95. The molecule has 1 saturated heterocycles. The number of benzene rings is 1. The van der Waals surface area contributed by atoms with Gasteiger partial charge in [0.15, 0.2) is 0 Å². The minimum atomic E-state index is -0.541. The number of rotatable bonds is 9. The molecule has 7 heteroatoms. The minimum absolute atomic E-state index is 0.0126. The summed E-state index contributed by atoms with van der Waals surface area (Å²) in [6.07, 6.45) is 1.75. The lowest BCUT2D eigenvalue weighted by Crippen LogP contribution is -2.54. The molecule has 2 rings (SSSR count). The molecule has 1 aliphatic rings. The molecule has 1 atom stereocenters. The summed E-state index contributed by atoms with van der Waals surface area (Å²) in [6.45, 7) is 10.2. The number of hydrogen-bond acceptors (Lipinski definition) is 4. The van der Waals surface area contributed by atoms with Crippen LogP contribution < -0.4 is 10.1 Å². The summed E-state index contributed by atoms with van der Waals surface area (Å²) in [4.78, 5) is 42.1. The van der Waals surface area contributed by atoms with Crippen LogP contribution in [0.15, 0.2) is 24.3 Å². The largest absolute Gasteiger partial charge is 0.497 e. The van der Waals surface area contributed by atoms with Crippen molar-refractivity contribution >= 4 is 17.7 Å². The smallest absolute Gasteiger partial charge is 0.253 e. The van der Waals surface area contributed by atoms with E-state index in [1.54, 1.807) is 24.1 Å². The second-order valence-corrected chi connectivity index (χ2v) is 8.52. The van der Waals surface area contributed by atoms with Crippen molar-refractivity contribution in [3.05, 3.63) is 29.8 Å². The van der Waals surface area contributed by atoms with Crippen molar-refractivity contribution in [2.45, 2.75) is 53.0 Å². The molecule has 1 aromatic rings. The second kappa shape index (κ2) is 11.7. The van der Waals surface area contributed by atoms with Crippen LogP contribution in [-0.2, 0) is 9.59 Å². The Balaban J connectivity index is 2.08. The standard InChI is InChI=1S/C24H37N3O4/c1-6-26(7-2)24(30)22(25-21(28)15-17(3)4)18-11-13-27(14-12-18)23(29)19-9-8-10-20(16-19)31-5/h8-10,16-18,22H,6-7,11-15H2,1-5H3,(H,25,28)/t22-/m1/s1. The fraction of sp³-hybridized carbons (Fsp3) is 0.625. The number of carbonyl (C=O) groups is 3. The number of nitrogens with zero attached hydrogens (tertiary/aromatic N) is 2. The molecular weight excluding hydrogens is 394 g/mol. The zero-order valence-electron chi connectivity index (χ0n) is 19.5. The average molecular weight is 432 g/mol. The van der Waals surface area contributed by atoms with Crippen LogP contribution >= 0.6 is 0 Å². The van der Waals surface area contributed by atoms with Crippen LogP contribution in [0.5, 0.6) is 5.75 Å². The third-order valence-corrected chi connectivity index (χ3v) is 5.87. The number of piperidine rings is 1. The normalized spacial score (nSPS) is 15.5. The molecule has 0 saturated carbocycles. The third-order valence-electron chi connectivity index (χ3n) is 5.87. The number of amides is 3. The molecule has 3 amide bonds. The van der Waals surface area contributed by atoms with Gasteiger partial charge in [-0.15, -0.1) is 0 Å². The maximum Gasteiger partial charge on any atom is 0.253 e. The zero-order chi connectivity index (χ0) is 23.0. The lowest BCUT2D eigenvalue weighted by Gasteiger charge is -2.37. The van der Waals surface area contributed by atoms with E-state index in [1.165, 1.54) is 0 Å². The van der Waals surface area contributed by atoms with E-state index >= 15 is 0 Å². The Morgan fingerprint density at radius 1 is 1.16 bits per heavy atom. The van der Waals surface area contributed by atoms with E-state index in [4.69, 9.17) is 4.74 Å². The molecule has 0 bridgehead atoms. The maximum atomic E-state index is 13.2. The van der Waals surface area contributed by atoms with Crippen LogP contribution in [-0.4, -0.2) is 66.9 Å². The monoisotopic (exact) mass is 431 g/mol. The van der Waals surface area contributed by atoms with Gasteiger partial charge in [0.2, 0.25) is 11.8 Å². The molecule has 0 unspecified atom stereocenters. The Morgan fingerprint density at radius 2 is 1.81 bits per heavy atom. The first-order chi connectivity index (χ1) is 14.8. The average Bonchev–Trinajstić information content (AvgIpc) is 2.77. The molecule has 31 heavy (non-hydrogen) atoms. The van der Waals surface area contributed by atoms with Crippen LogP contribution in [0.25, 0.3) is 0 Å². The Hall–Kier alpha value is -2.57. The van der Waals surface area contributed by atoms with Gasteiger partial charge in [0.25, 0.3) is 5.91 Å². The van der Waals surface area contributed by atoms with Crippen LogP contribution in [0.3, 0.4) is 0 Å². The highest BCUT2D eigenvalue weighted by Crippen LogP contribution is 2.24. The van der Waals surface area contributed by atoms with Crippen LogP contribution in [0.4, 0.5) is 0 Å². The SMILES string of the molecule is CCN(CC)C(=O)[C@H](NC(=O)CC(C)C)C1CCN(C(=O)c2cccc(OC)c2)CC1. The number of hydrogen-bond donors (Lipinski definition) is 1. The van der Waals surface area contributed by atoms with Gasteiger partial charge in [-0.25, -0.2) is 0 Å². The van der Waals surface area contributed by atoms with Crippen molar-refractivity contribution < 1.29 is 19.1 Å². The highest BCUT2D eigenvalue weighted by Gasteiger charge is 2.35. The fourth-order valence-corrected chi connectivity index (χ4v) is 4.09. The van der Waals surface area contributed by atoms with Crippen molar-refractivity contribution in [2.75, 3.05) is 33.3 Å². The van der Waals surface area contributed by atoms with E-state index in [1.807, 2.05) is 44.7 Å². The number of carbonyl (C=O) groups excluding carboxylic acids is 3. The van der Waals surface area contributed by atoms with Crippen LogP contribution in [0.1, 0.15) is 57.3 Å². The van der Waals surface area contributed by atoms with E-state index in [9.17, 15) is 14.4 Å². The number of ether oxygens (including phenoxy) is 1. The number of likely N-dealkylation sites (N-methyl/N-ethyl adjacent to an activating group) is 1. The van der Waals surface area contributed by atoms with E-state index in [0.717, 1.165) is 0 Å². The van der Waals surface area contributed by atoms with Gasteiger partial charge >= 0.3 is 0 Å². The first kappa shape index (κ1) is 24.7. The van der Waals surface area contributed by atoms with Crippen LogP contribution in [0.2, 0.25) is 0 Å². The second-order valence-electron chi connectivity index (χ2n) is 8.52. The van der Waals surface area contributed by atoms with Gasteiger partial charge in [0.1, 0.15) is 11.8 Å². The summed E-state index contributed by atoms with van der Waals surface area (Å²) < 4.78 is 5.22. The zero-order valence-corrected chi connectivity index (χ0v) is 19.5. The van der Waals surface area contributed by atoms with Crippen LogP contribution in [0, 0.1) is 11.8 Å². The third kappa shape index (κ3) is 6.71. The van der Waals surface area contributed by atoms with Gasteiger partial charge in [0, 0.05) is 38.2 Å². The molecule has 1 heterocycles. The lowest BCUT2D eigenvalue weighted by atomic mass is 9.87. The van der Waals surface area contributed by atoms with Gasteiger partial charge in [-0.1, -0.05) is 19.9 Å². The Morgan fingerprint density at radius 3 is 2.35 bits per heavy atom. The van der Waals surface area contributed by atoms with E-state index in [2.05, 4.69) is 5.32 Å². The highest BCUT2D eigenvalue weighted by molar-refractivity contribution is 5.94. The van der Waals surface area contributed by atoms with E-state index < -0.39 is 6.04 Å². The maximum absolute atomic E-state index is 13.2. The summed E-state index contributed by atoms with van der Waals surface area (Å²) in [5.41, 5.74) is 0.596. The van der Waals surface area contributed by atoms with Gasteiger partial charge in [-0.05, 0) is 56.7 Å². The Bertz CT molecular complexity index is 753. The van der Waals surface area contributed by atoms with Gasteiger partial charge in [-0.3, -0.25) is 14.4 Å². The molecule has 1 aliphatic heterocycles. The quantitative estimate of drug-likeness (QED) is 0.652. The molecule has 1 N–H and O–H groups in total. The van der Waals surface area contributed by atoms with Crippen molar-refractivity contribution in [1.29, 1.82) is 0 Å². The summed E-state index contributed by atoms with van der Waals surface area (Å²) in [6, 6.07) is 6.61. The highest BCUT2D eigenvalue weighted by atomic mass is 16.5. The van der Waals surface area contributed by atoms with E-state index in [0.29, 0.717) is 56.8 Å². The first-order valence-corrected chi connectivity index (χ1v) is 11.3. The molecule has 1 fully saturated rings. The first-order valence-electron chi connectivity index (χ1n) is 11.3. The Kier molecular flexibility index (Phi) is 9.34. The summed E-state index contributed by atoms with van der Waals surface area (Å²) in [5, 5.41) is 3.01.